The van der Waals surface area contributed by atoms with Gasteiger partial charge >= 0.3 is 0 Å². The largest absolute Gasteiger partial charge is 0.353 e. The minimum atomic E-state index is 0.474. The molecule has 0 radical (unpaired) electrons. The van der Waals surface area contributed by atoms with Crippen LogP contribution in [0.2, 0.25) is 0 Å². The van der Waals surface area contributed by atoms with E-state index in [0.29, 0.717) is 6.54 Å². The minimum absolute atomic E-state index is 0.474. The summed E-state index contributed by atoms with van der Waals surface area (Å²) in [6.07, 6.45) is 1.69. The lowest BCUT2D eigenvalue weighted by Gasteiger charge is -1.98. The molecule has 2 heterocycles. The molecule has 0 aliphatic carbocycles. The van der Waals surface area contributed by atoms with Crippen LogP contribution in [0.3, 0.4) is 0 Å². The van der Waals surface area contributed by atoms with E-state index in [1.54, 1.807) is 6.20 Å². The van der Waals surface area contributed by atoms with Crippen LogP contribution in [-0.4, -0.2) is 15.2 Å². The van der Waals surface area contributed by atoms with Gasteiger partial charge in [0.1, 0.15) is 5.69 Å². The van der Waals surface area contributed by atoms with Gasteiger partial charge in [0, 0.05) is 17.4 Å². The molecule has 4 heteroatoms. The molecule has 0 saturated carbocycles. The standard InChI is InChI=1S/C14H14N4/c1-9-2-3-12-11(4-9)6-13(17-12)14-5-10(7-15)8-16-18-14/h2-6,8,17H,7,15H2,1H3. The molecule has 0 fully saturated rings. The van der Waals surface area contributed by atoms with Gasteiger partial charge in [-0.05, 0) is 36.8 Å². The Morgan fingerprint density at radius 3 is 2.94 bits per heavy atom. The first kappa shape index (κ1) is 10.9. The number of benzene rings is 1. The van der Waals surface area contributed by atoms with Gasteiger partial charge < -0.3 is 10.7 Å². The van der Waals surface area contributed by atoms with Crippen molar-refractivity contribution in [3.8, 4) is 11.4 Å². The van der Waals surface area contributed by atoms with Crippen molar-refractivity contribution in [3.05, 3.63) is 47.7 Å². The van der Waals surface area contributed by atoms with Gasteiger partial charge in [-0.25, -0.2) is 0 Å². The Bertz CT molecular complexity index is 700. The molecule has 3 aromatic rings. The van der Waals surface area contributed by atoms with Crippen molar-refractivity contribution in [2.75, 3.05) is 0 Å². The van der Waals surface area contributed by atoms with Crippen molar-refractivity contribution in [2.45, 2.75) is 13.5 Å². The molecular weight excluding hydrogens is 224 g/mol. The summed E-state index contributed by atoms with van der Waals surface area (Å²) in [5.74, 6) is 0. The lowest BCUT2D eigenvalue weighted by Crippen LogP contribution is -1.99. The van der Waals surface area contributed by atoms with Crippen LogP contribution < -0.4 is 5.73 Å². The summed E-state index contributed by atoms with van der Waals surface area (Å²) in [6, 6.07) is 10.4. The molecule has 1 aromatic carbocycles. The number of fused-ring (bicyclic) bond motifs is 1. The average molecular weight is 238 g/mol. The number of nitrogens with zero attached hydrogens (tertiary/aromatic N) is 2. The quantitative estimate of drug-likeness (QED) is 0.720. The van der Waals surface area contributed by atoms with Gasteiger partial charge in [0.05, 0.1) is 11.9 Å². The Hall–Kier alpha value is -2.20. The molecule has 0 amide bonds. The van der Waals surface area contributed by atoms with Crippen molar-refractivity contribution >= 4 is 10.9 Å². The number of H-pyrrole nitrogens is 1. The molecule has 0 unspecified atom stereocenters. The number of hydrogen-bond acceptors (Lipinski definition) is 3. The zero-order valence-corrected chi connectivity index (χ0v) is 10.1. The number of aromatic amines is 1. The third kappa shape index (κ3) is 1.87. The van der Waals surface area contributed by atoms with Crippen LogP contribution in [0, 0.1) is 6.92 Å². The van der Waals surface area contributed by atoms with E-state index in [-0.39, 0.29) is 0 Å². The highest BCUT2D eigenvalue weighted by molar-refractivity contribution is 5.85. The highest BCUT2D eigenvalue weighted by atomic mass is 15.1. The Morgan fingerprint density at radius 1 is 1.22 bits per heavy atom. The van der Waals surface area contributed by atoms with E-state index in [2.05, 4.69) is 46.4 Å². The van der Waals surface area contributed by atoms with Crippen LogP contribution in [0.4, 0.5) is 0 Å². The average Bonchev–Trinajstić information content (AvgIpc) is 2.81. The molecule has 0 aliphatic heterocycles. The number of aromatic nitrogens is 3. The second-order valence-electron chi connectivity index (χ2n) is 4.43. The Labute approximate surface area is 105 Å². The number of hydrogen-bond donors (Lipinski definition) is 2. The van der Waals surface area contributed by atoms with Crippen LogP contribution in [0.1, 0.15) is 11.1 Å². The summed E-state index contributed by atoms with van der Waals surface area (Å²) in [5.41, 5.74) is 10.7. The van der Waals surface area contributed by atoms with E-state index < -0.39 is 0 Å². The molecule has 18 heavy (non-hydrogen) atoms. The molecule has 0 saturated heterocycles. The van der Waals surface area contributed by atoms with Gasteiger partial charge in [0.25, 0.3) is 0 Å². The van der Waals surface area contributed by atoms with Crippen molar-refractivity contribution < 1.29 is 0 Å². The van der Waals surface area contributed by atoms with Crippen molar-refractivity contribution in [1.29, 1.82) is 0 Å². The molecule has 0 aliphatic rings. The number of nitrogens with two attached hydrogens (primary N) is 1. The predicted molar refractivity (Wildman–Crippen MR) is 72.0 cm³/mol. The number of nitrogens with one attached hydrogen (secondary N) is 1. The third-order valence-corrected chi connectivity index (χ3v) is 3.00. The fraction of sp³-hybridized carbons (Fsp3) is 0.143. The molecule has 3 rings (SSSR count). The van der Waals surface area contributed by atoms with Crippen LogP contribution in [0.25, 0.3) is 22.3 Å². The SMILES string of the molecule is Cc1ccc2[nH]c(-c3cc(CN)cnn3)cc2c1. The van der Waals surface area contributed by atoms with E-state index in [0.717, 1.165) is 22.5 Å². The zero-order chi connectivity index (χ0) is 12.5. The van der Waals surface area contributed by atoms with E-state index >= 15 is 0 Å². The minimum Gasteiger partial charge on any atom is -0.353 e. The second-order valence-corrected chi connectivity index (χ2v) is 4.43. The topological polar surface area (TPSA) is 67.6 Å². The summed E-state index contributed by atoms with van der Waals surface area (Å²) in [5, 5.41) is 9.29. The molecule has 3 N–H and O–H groups in total. The second kappa shape index (κ2) is 4.23. The smallest absolute Gasteiger partial charge is 0.109 e. The Kier molecular flexibility index (Phi) is 2.57. The maximum absolute atomic E-state index is 5.61. The fourth-order valence-corrected chi connectivity index (χ4v) is 2.04. The Balaban J connectivity index is 2.13. The summed E-state index contributed by atoms with van der Waals surface area (Å²) < 4.78 is 0. The first-order valence-electron chi connectivity index (χ1n) is 5.88. The molecule has 0 bridgehead atoms. The zero-order valence-electron chi connectivity index (χ0n) is 10.1. The predicted octanol–water partition coefficient (Wildman–Crippen LogP) is 2.39. The van der Waals surface area contributed by atoms with Gasteiger partial charge in [-0.1, -0.05) is 11.6 Å². The van der Waals surface area contributed by atoms with Crippen molar-refractivity contribution in [2.24, 2.45) is 5.73 Å². The third-order valence-electron chi connectivity index (χ3n) is 3.00. The summed E-state index contributed by atoms with van der Waals surface area (Å²) in [7, 11) is 0. The van der Waals surface area contributed by atoms with Crippen LogP contribution >= 0.6 is 0 Å². The molecule has 2 aromatic heterocycles. The molecule has 4 nitrogen and oxygen atoms in total. The number of rotatable bonds is 2. The van der Waals surface area contributed by atoms with Gasteiger partial charge in [-0.2, -0.15) is 5.10 Å². The summed E-state index contributed by atoms with van der Waals surface area (Å²) in [4.78, 5) is 3.35. The maximum Gasteiger partial charge on any atom is 0.109 e. The summed E-state index contributed by atoms with van der Waals surface area (Å²) >= 11 is 0. The number of aryl methyl sites for hydroxylation is 1. The first-order valence-corrected chi connectivity index (χ1v) is 5.88. The van der Waals surface area contributed by atoms with Crippen LogP contribution in [0.5, 0.6) is 0 Å². The molecule has 0 spiro atoms. The van der Waals surface area contributed by atoms with E-state index in [9.17, 15) is 0 Å². The Morgan fingerprint density at radius 2 is 2.11 bits per heavy atom. The lowest BCUT2D eigenvalue weighted by atomic mass is 10.1. The van der Waals surface area contributed by atoms with Crippen LogP contribution in [0.15, 0.2) is 36.5 Å². The van der Waals surface area contributed by atoms with E-state index in [4.69, 9.17) is 5.73 Å². The van der Waals surface area contributed by atoms with Gasteiger partial charge in [-0.3, -0.25) is 0 Å². The van der Waals surface area contributed by atoms with Gasteiger partial charge in [0.2, 0.25) is 0 Å². The maximum atomic E-state index is 5.61. The van der Waals surface area contributed by atoms with Crippen molar-refractivity contribution in [1.82, 2.24) is 15.2 Å². The van der Waals surface area contributed by atoms with Crippen molar-refractivity contribution in [3.63, 3.8) is 0 Å². The van der Waals surface area contributed by atoms with Gasteiger partial charge in [-0.15, -0.1) is 5.10 Å². The normalized spacial score (nSPS) is 11.0. The molecule has 0 atom stereocenters. The highest BCUT2D eigenvalue weighted by Crippen LogP contribution is 2.23. The lowest BCUT2D eigenvalue weighted by molar-refractivity contribution is 0.969. The highest BCUT2D eigenvalue weighted by Gasteiger charge is 2.06. The van der Waals surface area contributed by atoms with Gasteiger partial charge in [0.15, 0.2) is 0 Å². The fourth-order valence-electron chi connectivity index (χ4n) is 2.04. The first-order chi connectivity index (χ1) is 8.76. The van der Waals surface area contributed by atoms with Crippen LogP contribution in [-0.2, 0) is 6.54 Å². The summed E-state index contributed by atoms with van der Waals surface area (Å²) in [6.45, 7) is 2.56. The monoisotopic (exact) mass is 238 g/mol. The van der Waals surface area contributed by atoms with E-state index in [1.165, 1.54) is 10.9 Å². The molecular formula is C14H14N4. The van der Waals surface area contributed by atoms with E-state index in [1.807, 2.05) is 6.07 Å². The molecule has 90 valence electrons.